The number of ether oxygens (including phenoxy) is 1. The van der Waals surface area contributed by atoms with Crippen LogP contribution >= 0.6 is 0 Å². The first-order chi connectivity index (χ1) is 9.12. The van der Waals surface area contributed by atoms with Crippen LogP contribution in [0.3, 0.4) is 0 Å². The van der Waals surface area contributed by atoms with Gasteiger partial charge in [-0.1, -0.05) is 13.0 Å². The number of nitrogens with zero attached hydrogens (tertiary/aromatic N) is 1. The normalized spacial score (nSPS) is 22.9. The highest BCUT2D eigenvalue weighted by atomic mass is 16.5. The summed E-state index contributed by atoms with van der Waals surface area (Å²) in [7, 11) is 1.67. The van der Waals surface area contributed by atoms with Crippen molar-refractivity contribution in [3.8, 4) is 5.75 Å². The summed E-state index contributed by atoms with van der Waals surface area (Å²) in [5.41, 5.74) is 2.20. The molecule has 104 valence electrons. The zero-order valence-corrected chi connectivity index (χ0v) is 12.1. The van der Waals surface area contributed by atoms with Crippen LogP contribution < -0.4 is 10.1 Å². The lowest BCUT2D eigenvalue weighted by Gasteiger charge is -2.23. The highest BCUT2D eigenvalue weighted by Crippen LogP contribution is 2.29. The van der Waals surface area contributed by atoms with Gasteiger partial charge in [-0.3, -0.25) is 10.1 Å². The topological polar surface area (TPSA) is 41.6 Å². The van der Waals surface area contributed by atoms with E-state index in [0.29, 0.717) is 0 Å². The van der Waals surface area contributed by atoms with Gasteiger partial charge in [0.05, 0.1) is 13.2 Å². The van der Waals surface area contributed by atoms with E-state index in [2.05, 4.69) is 11.4 Å². The molecule has 2 atom stereocenters. The van der Waals surface area contributed by atoms with Crippen LogP contribution in [0.1, 0.15) is 37.6 Å². The summed E-state index contributed by atoms with van der Waals surface area (Å²) >= 11 is 0. The van der Waals surface area contributed by atoms with Crippen LogP contribution in [0.15, 0.2) is 18.2 Å². The molecule has 1 fully saturated rings. The Morgan fingerprint density at radius 1 is 1.37 bits per heavy atom. The third-order valence-electron chi connectivity index (χ3n) is 3.74. The zero-order valence-electron chi connectivity index (χ0n) is 12.1. The molecule has 1 aromatic rings. The third kappa shape index (κ3) is 2.45. The molecule has 1 amide bonds. The van der Waals surface area contributed by atoms with Crippen molar-refractivity contribution < 1.29 is 9.53 Å². The zero-order chi connectivity index (χ0) is 14.0. The molecule has 2 unspecified atom stereocenters. The molecule has 1 N–H and O–H groups in total. The second kappa shape index (κ2) is 5.61. The largest absolute Gasteiger partial charge is 0.496 e. The lowest BCUT2D eigenvalue weighted by Crippen LogP contribution is -2.30. The molecule has 1 saturated heterocycles. The van der Waals surface area contributed by atoms with Gasteiger partial charge in [0.25, 0.3) is 0 Å². The summed E-state index contributed by atoms with van der Waals surface area (Å²) in [6.45, 7) is 6.79. The molecule has 4 heteroatoms. The second-order valence-corrected chi connectivity index (χ2v) is 4.88. The maximum atomic E-state index is 12.2. The van der Waals surface area contributed by atoms with Crippen LogP contribution in [-0.4, -0.2) is 30.5 Å². The fourth-order valence-electron chi connectivity index (χ4n) is 2.66. The number of nitrogens with one attached hydrogen (secondary N) is 1. The molecule has 0 aliphatic carbocycles. The Morgan fingerprint density at radius 2 is 2.11 bits per heavy atom. The van der Waals surface area contributed by atoms with Crippen molar-refractivity contribution in [1.29, 1.82) is 0 Å². The van der Waals surface area contributed by atoms with Crippen LogP contribution in [-0.2, 0) is 4.79 Å². The Hall–Kier alpha value is -1.55. The molecule has 4 nitrogen and oxygen atoms in total. The molecule has 1 aromatic carbocycles. The predicted octanol–water partition coefficient (Wildman–Crippen LogP) is 2.23. The number of hydrogen-bond acceptors (Lipinski definition) is 3. The van der Waals surface area contributed by atoms with Crippen molar-refractivity contribution in [2.24, 2.45) is 0 Å². The Labute approximate surface area is 114 Å². The lowest BCUT2D eigenvalue weighted by atomic mass is 10.1. The Balaban J connectivity index is 2.30. The van der Waals surface area contributed by atoms with E-state index in [1.165, 1.54) is 0 Å². The van der Waals surface area contributed by atoms with Crippen molar-refractivity contribution in [1.82, 2.24) is 10.2 Å². The van der Waals surface area contributed by atoms with Crippen molar-refractivity contribution in [3.05, 3.63) is 29.3 Å². The average Bonchev–Trinajstić information content (AvgIpc) is 2.74. The Kier molecular flexibility index (Phi) is 4.10. The maximum Gasteiger partial charge on any atom is 0.241 e. The summed E-state index contributed by atoms with van der Waals surface area (Å²) in [4.78, 5) is 14.1. The number of hydrogen-bond donors (Lipinski definition) is 1. The number of rotatable bonds is 4. The van der Waals surface area contributed by atoms with Gasteiger partial charge >= 0.3 is 0 Å². The van der Waals surface area contributed by atoms with Gasteiger partial charge in [0.2, 0.25) is 5.91 Å². The molecular formula is C15H22N2O2. The minimum atomic E-state index is -0.0626. The minimum absolute atomic E-state index is 0.0212. The van der Waals surface area contributed by atoms with E-state index in [1.807, 2.05) is 37.8 Å². The smallest absolute Gasteiger partial charge is 0.241 e. The van der Waals surface area contributed by atoms with Crippen LogP contribution in [0, 0.1) is 6.92 Å². The van der Waals surface area contributed by atoms with Gasteiger partial charge in [-0.05, 0) is 43.5 Å². The number of amides is 1. The van der Waals surface area contributed by atoms with Gasteiger partial charge in [0.1, 0.15) is 11.9 Å². The van der Waals surface area contributed by atoms with Gasteiger partial charge < -0.3 is 9.64 Å². The van der Waals surface area contributed by atoms with Gasteiger partial charge in [-0.15, -0.1) is 0 Å². The van der Waals surface area contributed by atoms with Crippen LogP contribution in [0.2, 0.25) is 0 Å². The molecule has 1 aliphatic heterocycles. The minimum Gasteiger partial charge on any atom is -0.496 e. The first kappa shape index (κ1) is 13.9. The average molecular weight is 262 g/mol. The fourth-order valence-corrected chi connectivity index (χ4v) is 2.66. The van der Waals surface area contributed by atoms with Crippen LogP contribution in [0.4, 0.5) is 0 Å². The van der Waals surface area contributed by atoms with E-state index in [4.69, 9.17) is 4.74 Å². The number of carbonyl (C=O) groups is 1. The molecule has 1 heterocycles. The van der Waals surface area contributed by atoms with Crippen LogP contribution in [0.25, 0.3) is 0 Å². The van der Waals surface area contributed by atoms with Crippen molar-refractivity contribution in [2.45, 2.75) is 39.4 Å². The highest BCUT2D eigenvalue weighted by molar-refractivity contribution is 5.84. The number of methoxy groups -OCH3 is 1. The lowest BCUT2D eigenvalue weighted by molar-refractivity contribution is -0.129. The highest BCUT2D eigenvalue weighted by Gasteiger charge is 2.37. The molecule has 1 aliphatic rings. The SMILES string of the molecule is CCC1NC(c2ccc(OC)c(C)c2)N(CC)C1=O. The molecule has 0 spiro atoms. The monoisotopic (exact) mass is 262 g/mol. The second-order valence-electron chi connectivity index (χ2n) is 4.88. The predicted molar refractivity (Wildman–Crippen MR) is 75.1 cm³/mol. The van der Waals surface area contributed by atoms with Gasteiger partial charge in [0.15, 0.2) is 0 Å². The van der Waals surface area contributed by atoms with E-state index >= 15 is 0 Å². The van der Waals surface area contributed by atoms with Crippen LogP contribution in [0.5, 0.6) is 5.75 Å². The Bertz CT molecular complexity index is 473. The first-order valence-electron chi connectivity index (χ1n) is 6.83. The first-order valence-corrected chi connectivity index (χ1v) is 6.83. The molecule has 2 rings (SSSR count). The molecular weight excluding hydrogens is 240 g/mol. The number of likely N-dealkylation sites (N-methyl/N-ethyl adjacent to an activating group) is 1. The van der Waals surface area contributed by atoms with Gasteiger partial charge in [-0.25, -0.2) is 0 Å². The summed E-state index contributed by atoms with van der Waals surface area (Å²) < 4.78 is 5.28. The summed E-state index contributed by atoms with van der Waals surface area (Å²) in [5, 5.41) is 3.41. The van der Waals surface area contributed by atoms with Gasteiger partial charge in [0, 0.05) is 6.54 Å². The molecule has 0 saturated carbocycles. The Morgan fingerprint density at radius 3 is 2.63 bits per heavy atom. The number of aryl methyl sites for hydroxylation is 1. The summed E-state index contributed by atoms with van der Waals surface area (Å²) in [6, 6.07) is 6.01. The van der Waals surface area contributed by atoms with E-state index in [-0.39, 0.29) is 18.1 Å². The summed E-state index contributed by atoms with van der Waals surface area (Å²) in [5.74, 6) is 1.08. The number of carbonyl (C=O) groups excluding carboxylic acids is 1. The standard InChI is InChI=1S/C15H22N2O2/c1-5-12-15(18)17(6-2)14(16-12)11-7-8-13(19-4)10(3)9-11/h7-9,12,14,16H,5-6H2,1-4H3. The maximum absolute atomic E-state index is 12.2. The van der Waals surface area contributed by atoms with Crippen molar-refractivity contribution >= 4 is 5.91 Å². The fraction of sp³-hybridized carbons (Fsp3) is 0.533. The molecule has 19 heavy (non-hydrogen) atoms. The van der Waals surface area contributed by atoms with E-state index in [1.54, 1.807) is 7.11 Å². The summed E-state index contributed by atoms with van der Waals surface area (Å²) in [6.07, 6.45) is 0.799. The quantitative estimate of drug-likeness (QED) is 0.904. The van der Waals surface area contributed by atoms with E-state index in [0.717, 1.165) is 29.8 Å². The molecule has 0 bridgehead atoms. The third-order valence-corrected chi connectivity index (χ3v) is 3.74. The van der Waals surface area contributed by atoms with Crippen molar-refractivity contribution in [3.63, 3.8) is 0 Å². The van der Waals surface area contributed by atoms with E-state index in [9.17, 15) is 4.79 Å². The molecule has 0 radical (unpaired) electrons. The van der Waals surface area contributed by atoms with E-state index < -0.39 is 0 Å². The molecule has 0 aromatic heterocycles. The number of benzene rings is 1. The van der Waals surface area contributed by atoms with Gasteiger partial charge in [-0.2, -0.15) is 0 Å². The van der Waals surface area contributed by atoms with Crippen molar-refractivity contribution in [2.75, 3.05) is 13.7 Å².